The Morgan fingerprint density at radius 1 is 0.571 bits per heavy atom. The summed E-state index contributed by atoms with van der Waals surface area (Å²) in [4.78, 5) is 43.2. The number of nitrogens with one attached hydrogen (secondary N) is 5. The van der Waals surface area contributed by atoms with Gasteiger partial charge in [-0.05, 0) is 17.7 Å². The zero-order valence-corrected chi connectivity index (χ0v) is 51.3. The first-order chi connectivity index (χ1) is 43.3. The third kappa shape index (κ3) is 9.82. The fourth-order valence-electron chi connectivity index (χ4n) is 17.3. The highest BCUT2D eigenvalue weighted by Gasteiger charge is 2.72. The smallest absolute Gasteiger partial charge is 0.469 e. The van der Waals surface area contributed by atoms with Gasteiger partial charge in [-0.15, -0.1) is 0 Å². The molecule has 18 fully saturated rings. The van der Waals surface area contributed by atoms with Crippen LogP contribution >= 0.6 is 15.6 Å². The van der Waals surface area contributed by atoms with Crippen LogP contribution in [0.1, 0.15) is 0 Å². The number of nitrogens with zero attached hydrogens (tertiary/aromatic N) is 13. The number of phosphoric acid groups is 2. The monoisotopic (exact) mass is 1320 g/mol. The number of fused-ring (bicyclic) bond motifs is 26. The van der Waals surface area contributed by atoms with Crippen molar-refractivity contribution in [3.8, 4) is 0 Å². The summed E-state index contributed by atoms with van der Waals surface area (Å²) in [5.74, 6) is -1.77. The molecule has 496 valence electrons. The van der Waals surface area contributed by atoms with Crippen molar-refractivity contribution in [2.75, 3.05) is 81.3 Å². The lowest BCUT2D eigenvalue weighted by Crippen LogP contribution is -2.97. The van der Waals surface area contributed by atoms with Crippen molar-refractivity contribution in [2.45, 2.75) is 189 Å². The molecule has 0 aromatic carbocycles. The van der Waals surface area contributed by atoms with Gasteiger partial charge in [-0.3, -0.25) is 4.52 Å². The average Bonchev–Trinajstić information content (AvgIpc) is 0.840. The molecule has 18 saturated heterocycles. The summed E-state index contributed by atoms with van der Waals surface area (Å²) in [6.07, 6.45) is -14.9. The predicted octanol–water partition coefficient (Wildman–Crippen LogP) is -16.1. The van der Waals surface area contributed by atoms with E-state index in [1.807, 2.05) is 40.3 Å². The highest BCUT2D eigenvalue weighted by Crippen LogP contribution is 2.53. The molecule has 0 spiro atoms. The minimum absolute atomic E-state index is 0.0586. The highest BCUT2D eigenvalue weighted by atomic mass is 31.2. The Bertz CT molecular complexity index is 2890. The van der Waals surface area contributed by atoms with E-state index in [1.54, 1.807) is 7.41 Å². The van der Waals surface area contributed by atoms with Crippen LogP contribution < -0.4 is 36.8 Å². The fraction of sp³-hybridized carbons (Fsp3) is 1.00. The largest absolute Gasteiger partial charge is 0.790 e. The van der Waals surface area contributed by atoms with E-state index in [1.165, 1.54) is 0 Å². The van der Waals surface area contributed by atoms with Crippen LogP contribution in [0.5, 0.6) is 0 Å². The molecule has 18 heterocycles. The molecule has 18 aliphatic heterocycles. The van der Waals surface area contributed by atoms with Gasteiger partial charge in [0.1, 0.15) is 136 Å². The zero-order valence-electron chi connectivity index (χ0n) is 49.5. The standard InChI is InChI=1S/C22H38B3N9O11P.C21H36B3N9O11P/c1-29-20-21(30(29)2)33-6-34-22-10(31(34)5-32(20)33)9(25(23)17-13(37)14(45-22)8(44-17)4-42-46(38,39)40)15-24-16-12(36)11(35)7(43-16)3-41-19-18(26-15)27-28-19;1-27-18-19(28(27)2)30-6-32-21-20(31(32)5-29(18)30)33(23-14-11(35)10(34)7(42-14)3-40-21)15-9-17(26-25-9)44-13-8(4-41-45(37,38)39)43-16(12(13)36)24(15)22/h7-22,26-28,35-37H,3-6H2,1-2H3,(H2,38,39,40);7-21,25-26,34-36H,3-6H2,1-2H3,(H2,37,38,39)/p-2/t7?,8?,9-,10?,11?,12?,13?,14?,15-,16?,17?,18-,19?,20?,21+,22-;7?,8?,9?,10?,11?,12?,13?,14?,15-,16?,17?,18-,19?,20-,21?/m01/s1. The summed E-state index contributed by atoms with van der Waals surface area (Å²) in [5.41, 5.74) is 12.3. The van der Waals surface area contributed by atoms with Crippen LogP contribution in [0.2, 0.25) is 5.82 Å². The molecular weight excluding hydrogens is 1250 g/mol. The Morgan fingerprint density at radius 3 is 1.66 bits per heavy atom. The van der Waals surface area contributed by atoms with Crippen molar-refractivity contribution in [2.24, 2.45) is 0 Å². The molecule has 23 unspecified atom stereocenters. The summed E-state index contributed by atoms with van der Waals surface area (Å²) >= 11 is 0. The van der Waals surface area contributed by atoms with E-state index in [2.05, 4.69) is 91.7 Å². The van der Waals surface area contributed by atoms with Crippen LogP contribution in [0.4, 0.5) is 0 Å². The summed E-state index contributed by atoms with van der Waals surface area (Å²) in [6.45, 7) is -0.591. The lowest BCUT2D eigenvalue weighted by Gasteiger charge is -2.77. The maximum atomic E-state index is 11.6. The van der Waals surface area contributed by atoms with E-state index in [-0.39, 0.29) is 50.1 Å². The number of hydrazine groups is 8. The molecule has 6 radical (unpaired) electrons. The van der Waals surface area contributed by atoms with Gasteiger partial charge in [-0.1, -0.05) is 0 Å². The van der Waals surface area contributed by atoms with Crippen molar-refractivity contribution >= 4 is 59.0 Å². The average molecular weight is 1320 g/mol. The molecule has 0 amide bonds. The SMILES string of the molecule is [B]B1C2OC(COP(=O)(O)O)C(O[C@H]3C([C@H]1[C@H]1[B]C4OC(COC5NN[C@@H]5N1)C(O)C4O)N1CN4C5[C@H](N(C)N5C)N4CN31)C2O.[B]B1C2OC(COP(=O)([O-])[O-])C(OC3NNC3[C@H]1N1[B]C3OC(COC4[C@@H]1N1CN5[C@@H]6C(N(C)N6C)N5CN41)C(O)C3O)C2O. The van der Waals surface area contributed by atoms with Crippen LogP contribution in [0.25, 0.3) is 0 Å². The van der Waals surface area contributed by atoms with Gasteiger partial charge in [0.05, 0.1) is 97.0 Å². The van der Waals surface area contributed by atoms with Crippen LogP contribution in [-0.4, -0.2) is 413 Å². The second kappa shape index (κ2) is 22.9. The maximum Gasteiger partial charge on any atom is 0.469 e. The predicted molar refractivity (Wildman–Crippen MR) is 298 cm³/mol. The van der Waals surface area contributed by atoms with Crippen molar-refractivity contribution in [3.63, 3.8) is 0 Å². The van der Waals surface area contributed by atoms with Gasteiger partial charge in [-0.25, -0.2) is 76.4 Å². The van der Waals surface area contributed by atoms with Crippen molar-refractivity contribution in [1.82, 2.24) is 91.9 Å². The Kier molecular flexibility index (Phi) is 16.1. The first kappa shape index (κ1) is 63.8. The number of aliphatic hydroxyl groups is 6. The molecule has 18 rings (SSSR count). The number of ether oxygens (including phenoxy) is 8. The zero-order chi connectivity index (χ0) is 63.2. The third-order valence-corrected chi connectivity index (χ3v) is 23.2. The van der Waals surface area contributed by atoms with Gasteiger partial charge >= 0.3 is 7.82 Å². The van der Waals surface area contributed by atoms with Crippen LogP contribution in [0, 0.1) is 0 Å². The minimum Gasteiger partial charge on any atom is -0.790 e. The van der Waals surface area contributed by atoms with E-state index in [9.17, 15) is 59.3 Å². The van der Waals surface area contributed by atoms with Crippen LogP contribution in [0.3, 0.4) is 0 Å². The molecule has 48 heteroatoms. The normalized spacial score (nSPS) is 52.8. The van der Waals surface area contributed by atoms with Gasteiger partial charge in [0.2, 0.25) is 7.41 Å². The first-order valence-electron chi connectivity index (χ1n) is 30.8. The number of rotatable bonds is 8. The number of phosphoric ester groups is 2. The highest BCUT2D eigenvalue weighted by molar-refractivity contribution is 7.46. The number of aliphatic hydroxyl groups excluding tert-OH is 6. The van der Waals surface area contributed by atoms with E-state index < -0.39 is 194 Å². The number of likely N-dealkylation sites (N-methyl/N-ethyl adjacent to an activating group) is 4. The molecule has 0 saturated carbocycles. The lowest BCUT2D eigenvalue weighted by molar-refractivity contribution is -0.501. The Balaban J connectivity index is 0.000000140. The van der Waals surface area contributed by atoms with E-state index in [0.717, 1.165) is 0 Å². The molecule has 31 atom stereocenters. The van der Waals surface area contributed by atoms with Gasteiger partial charge in [-0.2, -0.15) is 10.0 Å². The van der Waals surface area contributed by atoms with Crippen molar-refractivity contribution in [3.05, 3.63) is 0 Å². The fourth-order valence-corrected chi connectivity index (χ4v) is 18.0. The first-order valence-corrected chi connectivity index (χ1v) is 33.7. The summed E-state index contributed by atoms with van der Waals surface area (Å²) in [5, 5.41) is 96.2. The number of hydrogen-bond donors (Lipinski definition) is 13. The topological polar surface area (TPSA) is 437 Å². The van der Waals surface area contributed by atoms with Crippen LogP contribution in [0.15, 0.2) is 0 Å². The lowest BCUT2D eigenvalue weighted by atomic mass is 9.19. The number of hydrogen-bond acceptors (Lipinski definition) is 38. The Labute approximate surface area is 525 Å². The summed E-state index contributed by atoms with van der Waals surface area (Å²) < 4.78 is 81.7. The van der Waals surface area contributed by atoms with E-state index >= 15 is 0 Å². The quantitative estimate of drug-likeness (QED) is 0.0793. The van der Waals surface area contributed by atoms with Gasteiger partial charge < -0.3 is 107 Å². The molecule has 13 N–H and O–H groups in total. The summed E-state index contributed by atoms with van der Waals surface area (Å²) in [7, 11) is 15.6. The molecule has 18 aliphatic rings. The second-order valence-electron chi connectivity index (χ2n) is 26.7. The molecule has 0 aliphatic carbocycles. The van der Waals surface area contributed by atoms with E-state index in [0.29, 0.717) is 26.7 Å². The van der Waals surface area contributed by atoms with Crippen LogP contribution in [-0.2, 0) is 56.1 Å². The van der Waals surface area contributed by atoms with E-state index in [4.69, 9.17) is 57.9 Å². The Morgan fingerprint density at radius 2 is 1.09 bits per heavy atom. The van der Waals surface area contributed by atoms with Crippen molar-refractivity contribution < 1.29 is 106 Å². The Hall–Kier alpha value is -0.670. The second-order valence-corrected chi connectivity index (χ2v) is 29.1. The minimum atomic E-state index is -5.31. The third-order valence-electron chi connectivity index (χ3n) is 22.3. The molecule has 8 bridgehead atoms. The molecule has 0 aromatic heterocycles. The maximum absolute atomic E-state index is 11.6. The summed E-state index contributed by atoms with van der Waals surface area (Å²) in [6, 6.07) is -4.58. The molecule has 91 heavy (non-hydrogen) atoms. The molecule has 40 nitrogen and oxygen atoms in total. The molecule has 0 aromatic rings. The van der Waals surface area contributed by atoms with Gasteiger partial charge in [0, 0.05) is 43.7 Å². The van der Waals surface area contributed by atoms with Crippen molar-refractivity contribution in [1.29, 1.82) is 0 Å². The molecular formula is C43H72B6N18O22P2-2. The van der Waals surface area contributed by atoms with Gasteiger partial charge in [0.15, 0.2) is 20.1 Å². The van der Waals surface area contributed by atoms with Gasteiger partial charge in [0.25, 0.3) is 0 Å².